The fraction of sp³-hybridized carbons (Fsp3) is 0.800. The van der Waals surface area contributed by atoms with Gasteiger partial charge in [-0.1, -0.05) is 26.7 Å². The summed E-state index contributed by atoms with van der Waals surface area (Å²) in [5.74, 6) is 1.83. The summed E-state index contributed by atoms with van der Waals surface area (Å²) in [7, 11) is 0. The van der Waals surface area contributed by atoms with Gasteiger partial charge in [-0.15, -0.1) is 11.3 Å². The molecule has 1 aliphatic rings. The highest BCUT2D eigenvalue weighted by molar-refractivity contribution is 7.09. The Labute approximate surface area is 115 Å². The Morgan fingerprint density at radius 3 is 2.83 bits per heavy atom. The van der Waals surface area contributed by atoms with Crippen LogP contribution in [0.3, 0.4) is 0 Å². The zero-order chi connectivity index (χ0) is 13.0. The Morgan fingerprint density at radius 2 is 2.28 bits per heavy atom. The van der Waals surface area contributed by atoms with E-state index in [1.54, 1.807) is 0 Å². The maximum Gasteiger partial charge on any atom is 0.0943 e. The summed E-state index contributed by atoms with van der Waals surface area (Å²) >= 11 is 1.82. The predicted octanol–water partition coefficient (Wildman–Crippen LogP) is 3.80. The van der Waals surface area contributed by atoms with Crippen molar-refractivity contribution in [3.05, 3.63) is 16.1 Å². The lowest BCUT2D eigenvalue weighted by Gasteiger charge is -2.23. The van der Waals surface area contributed by atoms with E-state index in [0.717, 1.165) is 24.8 Å². The van der Waals surface area contributed by atoms with Crippen LogP contribution in [0.4, 0.5) is 0 Å². The molecule has 0 aromatic carbocycles. The maximum absolute atomic E-state index is 4.62. The van der Waals surface area contributed by atoms with E-state index in [-0.39, 0.29) is 0 Å². The molecule has 3 unspecified atom stereocenters. The zero-order valence-corrected chi connectivity index (χ0v) is 12.7. The molecular formula is C15H26N2S. The Bertz CT molecular complexity index is 361. The Morgan fingerprint density at radius 1 is 1.44 bits per heavy atom. The third-order valence-corrected chi connectivity index (χ3v) is 5.24. The molecule has 0 aliphatic heterocycles. The van der Waals surface area contributed by atoms with E-state index in [1.165, 1.54) is 36.4 Å². The first kappa shape index (κ1) is 14.0. The molecule has 0 spiro atoms. The van der Waals surface area contributed by atoms with E-state index in [0.29, 0.717) is 6.04 Å². The van der Waals surface area contributed by atoms with Gasteiger partial charge < -0.3 is 5.32 Å². The standard InChI is InChI=1S/C15H26N2S/c1-4-12-6-7-13(8-12)14(16-5-2)9-15-17-11(3)10-18-15/h10,12-14,16H,4-9H2,1-3H3. The van der Waals surface area contributed by atoms with Crippen LogP contribution in [0.25, 0.3) is 0 Å². The van der Waals surface area contributed by atoms with E-state index in [1.807, 2.05) is 11.3 Å². The molecule has 18 heavy (non-hydrogen) atoms. The quantitative estimate of drug-likeness (QED) is 0.847. The van der Waals surface area contributed by atoms with Gasteiger partial charge in [0.05, 0.1) is 5.01 Å². The van der Waals surface area contributed by atoms with Crippen LogP contribution in [0.15, 0.2) is 5.38 Å². The first-order valence-electron chi connectivity index (χ1n) is 7.37. The van der Waals surface area contributed by atoms with Crippen molar-refractivity contribution in [2.75, 3.05) is 6.54 Å². The predicted molar refractivity (Wildman–Crippen MR) is 79.1 cm³/mol. The van der Waals surface area contributed by atoms with Gasteiger partial charge in [-0.05, 0) is 38.1 Å². The van der Waals surface area contributed by atoms with Gasteiger partial charge in [0.15, 0.2) is 0 Å². The molecule has 2 nitrogen and oxygen atoms in total. The van der Waals surface area contributed by atoms with Crippen LogP contribution in [0.2, 0.25) is 0 Å². The Kier molecular flexibility index (Phi) is 5.19. The summed E-state index contributed by atoms with van der Waals surface area (Å²) in [5, 5.41) is 7.17. The SMILES string of the molecule is CCNC(Cc1nc(C)cs1)C1CCC(CC)C1. The molecular weight excluding hydrogens is 240 g/mol. The summed E-state index contributed by atoms with van der Waals surface area (Å²) in [4.78, 5) is 4.62. The maximum atomic E-state index is 4.62. The van der Waals surface area contributed by atoms with Crippen molar-refractivity contribution in [2.24, 2.45) is 11.8 Å². The monoisotopic (exact) mass is 266 g/mol. The number of nitrogens with one attached hydrogen (secondary N) is 1. The van der Waals surface area contributed by atoms with Crippen LogP contribution < -0.4 is 5.32 Å². The fourth-order valence-corrected chi connectivity index (χ4v) is 4.03. The highest BCUT2D eigenvalue weighted by Gasteiger charge is 2.30. The molecule has 1 N–H and O–H groups in total. The Hall–Kier alpha value is -0.410. The van der Waals surface area contributed by atoms with Gasteiger partial charge in [0.25, 0.3) is 0 Å². The van der Waals surface area contributed by atoms with E-state index >= 15 is 0 Å². The molecule has 0 saturated heterocycles. The van der Waals surface area contributed by atoms with Crippen molar-refractivity contribution in [3.63, 3.8) is 0 Å². The minimum atomic E-state index is 0.636. The van der Waals surface area contributed by atoms with Gasteiger partial charge in [-0.3, -0.25) is 0 Å². The number of likely N-dealkylation sites (N-methyl/N-ethyl adjacent to an activating group) is 1. The average Bonchev–Trinajstić information content (AvgIpc) is 2.97. The number of aromatic nitrogens is 1. The van der Waals surface area contributed by atoms with Crippen LogP contribution in [0.5, 0.6) is 0 Å². The minimum absolute atomic E-state index is 0.636. The second kappa shape index (κ2) is 6.67. The Balaban J connectivity index is 1.95. The lowest BCUT2D eigenvalue weighted by Crippen LogP contribution is -2.37. The molecule has 2 rings (SSSR count). The van der Waals surface area contributed by atoms with Gasteiger partial charge in [0.1, 0.15) is 0 Å². The molecule has 1 aromatic heterocycles. The van der Waals surface area contributed by atoms with E-state index in [4.69, 9.17) is 0 Å². The molecule has 3 atom stereocenters. The summed E-state index contributed by atoms with van der Waals surface area (Å²) in [6.07, 6.45) is 6.72. The summed E-state index contributed by atoms with van der Waals surface area (Å²) in [6, 6.07) is 0.636. The molecule has 1 fully saturated rings. The third kappa shape index (κ3) is 3.55. The molecule has 1 aliphatic carbocycles. The molecule has 1 heterocycles. The number of hydrogen-bond acceptors (Lipinski definition) is 3. The van der Waals surface area contributed by atoms with E-state index in [2.05, 4.69) is 36.5 Å². The summed E-state index contributed by atoms with van der Waals surface area (Å²) in [5.41, 5.74) is 1.17. The lowest BCUT2D eigenvalue weighted by atomic mass is 9.93. The third-order valence-electron chi connectivity index (χ3n) is 4.26. The van der Waals surface area contributed by atoms with Crippen molar-refractivity contribution >= 4 is 11.3 Å². The highest BCUT2D eigenvalue weighted by atomic mass is 32.1. The van der Waals surface area contributed by atoms with Crippen LogP contribution in [-0.2, 0) is 6.42 Å². The second-order valence-electron chi connectivity index (χ2n) is 5.60. The van der Waals surface area contributed by atoms with E-state index in [9.17, 15) is 0 Å². The molecule has 102 valence electrons. The van der Waals surface area contributed by atoms with Crippen molar-refractivity contribution in [1.82, 2.24) is 10.3 Å². The smallest absolute Gasteiger partial charge is 0.0943 e. The van der Waals surface area contributed by atoms with Crippen molar-refractivity contribution in [1.29, 1.82) is 0 Å². The number of rotatable bonds is 6. The van der Waals surface area contributed by atoms with Crippen LogP contribution in [0.1, 0.15) is 50.2 Å². The molecule has 1 saturated carbocycles. The highest BCUT2D eigenvalue weighted by Crippen LogP contribution is 2.35. The van der Waals surface area contributed by atoms with Gasteiger partial charge in [-0.2, -0.15) is 0 Å². The molecule has 0 amide bonds. The van der Waals surface area contributed by atoms with Crippen molar-refractivity contribution in [3.8, 4) is 0 Å². The second-order valence-corrected chi connectivity index (χ2v) is 6.54. The van der Waals surface area contributed by atoms with Crippen LogP contribution in [0, 0.1) is 18.8 Å². The largest absolute Gasteiger partial charge is 0.314 e. The van der Waals surface area contributed by atoms with Crippen LogP contribution in [-0.4, -0.2) is 17.6 Å². The molecule has 3 heteroatoms. The minimum Gasteiger partial charge on any atom is -0.314 e. The van der Waals surface area contributed by atoms with Crippen LogP contribution >= 0.6 is 11.3 Å². The van der Waals surface area contributed by atoms with E-state index < -0.39 is 0 Å². The number of nitrogens with zero attached hydrogens (tertiary/aromatic N) is 1. The normalized spacial score (nSPS) is 25.5. The van der Waals surface area contributed by atoms with Crippen molar-refractivity contribution < 1.29 is 0 Å². The van der Waals surface area contributed by atoms with Gasteiger partial charge in [0, 0.05) is 23.5 Å². The van der Waals surface area contributed by atoms with Gasteiger partial charge >= 0.3 is 0 Å². The summed E-state index contributed by atoms with van der Waals surface area (Å²) < 4.78 is 0. The number of aryl methyl sites for hydroxylation is 1. The summed E-state index contributed by atoms with van der Waals surface area (Å²) in [6.45, 7) is 7.71. The zero-order valence-electron chi connectivity index (χ0n) is 11.9. The lowest BCUT2D eigenvalue weighted by molar-refractivity contribution is 0.348. The van der Waals surface area contributed by atoms with Crippen molar-refractivity contribution in [2.45, 2.75) is 58.9 Å². The molecule has 0 bridgehead atoms. The van der Waals surface area contributed by atoms with Gasteiger partial charge in [-0.25, -0.2) is 4.98 Å². The first-order valence-corrected chi connectivity index (χ1v) is 8.25. The number of thiazole rings is 1. The molecule has 1 aromatic rings. The average molecular weight is 266 g/mol. The topological polar surface area (TPSA) is 24.9 Å². The van der Waals surface area contributed by atoms with Gasteiger partial charge in [0.2, 0.25) is 0 Å². The fourth-order valence-electron chi connectivity index (χ4n) is 3.20. The number of hydrogen-bond donors (Lipinski definition) is 1. The first-order chi connectivity index (χ1) is 8.72. The molecule has 0 radical (unpaired) electrons.